The highest BCUT2D eigenvalue weighted by Gasteiger charge is 2.32. The van der Waals surface area contributed by atoms with Gasteiger partial charge in [0, 0.05) is 30.9 Å². The molecule has 1 aliphatic heterocycles. The van der Waals surface area contributed by atoms with Gasteiger partial charge in [-0.15, -0.1) is 0 Å². The molecule has 0 aliphatic carbocycles. The summed E-state index contributed by atoms with van der Waals surface area (Å²) in [5.74, 6) is 1.74. The normalized spacial score (nSPS) is 16.8. The molecular weight excluding hydrogens is 326 g/mol. The summed E-state index contributed by atoms with van der Waals surface area (Å²) < 4.78 is 1.95. The number of benzene rings is 1. The molecule has 26 heavy (non-hydrogen) atoms. The summed E-state index contributed by atoms with van der Waals surface area (Å²) in [7, 11) is 0. The van der Waals surface area contributed by atoms with Crippen LogP contribution in [0.15, 0.2) is 55.1 Å². The lowest BCUT2D eigenvalue weighted by atomic mass is 10.1. The van der Waals surface area contributed by atoms with Gasteiger partial charge in [0.25, 0.3) is 5.91 Å². The Bertz CT molecular complexity index is 905. The largest absolute Gasteiger partial charge is 0.330 e. The highest BCUT2D eigenvalue weighted by molar-refractivity contribution is 5.94. The molecule has 0 N–H and O–H groups in total. The molecule has 3 aromatic rings. The second-order valence-electron chi connectivity index (χ2n) is 6.39. The van der Waals surface area contributed by atoms with E-state index in [4.69, 9.17) is 4.98 Å². The Morgan fingerprint density at radius 2 is 2.08 bits per heavy atom. The van der Waals surface area contributed by atoms with Gasteiger partial charge in [0.2, 0.25) is 0 Å². The van der Waals surface area contributed by atoms with Crippen molar-refractivity contribution in [1.82, 2.24) is 24.4 Å². The van der Waals surface area contributed by atoms with E-state index >= 15 is 0 Å². The monoisotopic (exact) mass is 347 g/mol. The fraction of sp³-hybridized carbons (Fsp3) is 0.300. The number of aromatic nitrogens is 4. The SMILES string of the molecule is CCc1nccn1-c1cncc([C@H]2CCCN2C(=O)c2ccccc2)n1. The van der Waals surface area contributed by atoms with Crippen LogP contribution in [-0.4, -0.2) is 36.9 Å². The van der Waals surface area contributed by atoms with Crippen molar-refractivity contribution < 1.29 is 4.79 Å². The van der Waals surface area contributed by atoms with Crippen LogP contribution in [0.2, 0.25) is 0 Å². The second kappa shape index (κ2) is 7.07. The van der Waals surface area contributed by atoms with Crippen LogP contribution in [-0.2, 0) is 6.42 Å². The van der Waals surface area contributed by atoms with Gasteiger partial charge in [0.1, 0.15) is 5.82 Å². The van der Waals surface area contributed by atoms with Crippen molar-refractivity contribution in [3.63, 3.8) is 0 Å². The number of hydrogen-bond acceptors (Lipinski definition) is 4. The minimum Gasteiger partial charge on any atom is -0.330 e. The Kier molecular flexibility index (Phi) is 4.48. The molecule has 0 saturated carbocycles. The maximum atomic E-state index is 12.9. The minimum absolute atomic E-state index is 0.0382. The highest BCUT2D eigenvalue weighted by Crippen LogP contribution is 2.32. The molecule has 1 amide bonds. The maximum absolute atomic E-state index is 12.9. The van der Waals surface area contributed by atoms with Crippen molar-refractivity contribution in [1.29, 1.82) is 0 Å². The molecule has 0 bridgehead atoms. The summed E-state index contributed by atoms with van der Waals surface area (Å²) in [6, 6.07) is 9.39. The Morgan fingerprint density at radius 3 is 2.88 bits per heavy atom. The van der Waals surface area contributed by atoms with E-state index in [9.17, 15) is 4.79 Å². The van der Waals surface area contributed by atoms with Crippen molar-refractivity contribution in [3.8, 4) is 5.82 Å². The van der Waals surface area contributed by atoms with E-state index in [1.54, 1.807) is 18.6 Å². The maximum Gasteiger partial charge on any atom is 0.254 e. The Labute approximate surface area is 152 Å². The molecule has 1 atom stereocenters. The summed E-state index contributed by atoms with van der Waals surface area (Å²) in [5.41, 5.74) is 1.55. The summed E-state index contributed by atoms with van der Waals surface area (Å²) in [6.45, 7) is 2.81. The molecule has 2 aromatic heterocycles. The molecule has 0 unspecified atom stereocenters. The second-order valence-corrected chi connectivity index (χ2v) is 6.39. The number of likely N-dealkylation sites (tertiary alicyclic amines) is 1. The lowest BCUT2D eigenvalue weighted by molar-refractivity contribution is 0.0732. The van der Waals surface area contributed by atoms with Crippen LogP contribution in [0.3, 0.4) is 0 Å². The molecule has 3 heterocycles. The number of carbonyl (C=O) groups is 1. The molecule has 6 heteroatoms. The number of nitrogens with zero attached hydrogens (tertiary/aromatic N) is 5. The first-order valence-electron chi connectivity index (χ1n) is 8.98. The van der Waals surface area contributed by atoms with E-state index in [0.29, 0.717) is 5.56 Å². The Balaban J connectivity index is 1.64. The fourth-order valence-corrected chi connectivity index (χ4v) is 3.52. The standard InChI is InChI=1S/C20H21N5O/c1-2-18-22-10-12-25(18)19-14-21-13-16(23-19)17-9-6-11-24(17)20(26)15-7-4-3-5-8-15/h3-5,7-8,10,12-14,17H,2,6,9,11H2,1H3/t17-/m1/s1. The molecule has 4 rings (SSSR count). The van der Waals surface area contributed by atoms with E-state index in [1.165, 1.54) is 0 Å². The lowest BCUT2D eigenvalue weighted by Crippen LogP contribution is -2.31. The molecule has 6 nitrogen and oxygen atoms in total. The van der Waals surface area contributed by atoms with Crippen LogP contribution in [0.25, 0.3) is 5.82 Å². The first kappa shape index (κ1) is 16.4. The number of carbonyl (C=O) groups excluding carboxylic acids is 1. The van der Waals surface area contributed by atoms with Gasteiger partial charge < -0.3 is 4.90 Å². The average Bonchev–Trinajstić information content (AvgIpc) is 3.37. The zero-order chi connectivity index (χ0) is 17.9. The van der Waals surface area contributed by atoms with Gasteiger partial charge >= 0.3 is 0 Å². The zero-order valence-corrected chi connectivity index (χ0v) is 14.7. The third-order valence-corrected chi connectivity index (χ3v) is 4.80. The number of rotatable bonds is 4. The topological polar surface area (TPSA) is 63.9 Å². The van der Waals surface area contributed by atoms with Crippen LogP contribution < -0.4 is 0 Å². The van der Waals surface area contributed by atoms with Crippen molar-refractivity contribution in [2.24, 2.45) is 0 Å². The molecule has 132 valence electrons. The number of aryl methyl sites for hydroxylation is 1. The smallest absolute Gasteiger partial charge is 0.254 e. The first-order valence-corrected chi connectivity index (χ1v) is 8.98. The predicted molar refractivity (Wildman–Crippen MR) is 98.0 cm³/mol. The summed E-state index contributed by atoms with van der Waals surface area (Å²) >= 11 is 0. The van der Waals surface area contributed by atoms with Gasteiger partial charge in [0.05, 0.1) is 24.1 Å². The van der Waals surface area contributed by atoms with Crippen molar-refractivity contribution in [3.05, 3.63) is 72.2 Å². The molecular formula is C20H21N5O. The summed E-state index contributed by atoms with van der Waals surface area (Å²) in [4.78, 5) is 28.4. The van der Waals surface area contributed by atoms with Crippen LogP contribution in [0.5, 0.6) is 0 Å². The molecule has 1 aromatic carbocycles. The van der Waals surface area contributed by atoms with Gasteiger partial charge in [0.15, 0.2) is 5.82 Å². The van der Waals surface area contributed by atoms with Gasteiger partial charge in [-0.1, -0.05) is 25.1 Å². The van der Waals surface area contributed by atoms with E-state index in [-0.39, 0.29) is 11.9 Å². The van der Waals surface area contributed by atoms with E-state index < -0.39 is 0 Å². The van der Waals surface area contributed by atoms with Crippen LogP contribution in [0.4, 0.5) is 0 Å². The van der Waals surface area contributed by atoms with Crippen LogP contribution in [0.1, 0.15) is 47.7 Å². The van der Waals surface area contributed by atoms with Crippen LogP contribution >= 0.6 is 0 Å². The highest BCUT2D eigenvalue weighted by atomic mass is 16.2. The van der Waals surface area contributed by atoms with Gasteiger partial charge in [-0.2, -0.15) is 0 Å². The minimum atomic E-state index is -0.0382. The molecule has 1 aliphatic rings. The Morgan fingerprint density at radius 1 is 1.23 bits per heavy atom. The summed E-state index contributed by atoms with van der Waals surface area (Å²) in [6.07, 6.45) is 9.88. The molecule has 1 fully saturated rings. The van der Waals surface area contributed by atoms with Crippen LogP contribution in [0, 0.1) is 0 Å². The third-order valence-electron chi connectivity index (χ3n) is 4.80. The third kappa shape index (κ3) is 2.98. The quantitative estimate of drug-likeness (QED) is 0.727. The van der Waals surface area contributed by atoms with Crippen molar-refractivity contribution in [2.75, 3.05) is 6.54 Å². The number of amides is 1. The lowest BCUT2D eigenvalue weighted by Gasteiger charge is -2.24. The van der Waals surface area contributed by atoms with E-state index in [2.05, 4.69) is 16.9 Å². The average molecular weight is 347 g/mol. The fourth-order valence-electron chi connectivity index (χ4n) is 3.52. The first-order chi connectivity index (χ1) is 12.8. The predicted octanol–water partition coefficient (Wildman–Crippen LogP) is 3.20. The van der Waals surface area contributed by atoms with E-state index in [0.717, 1.165) is 43.1 Å². The van der Waals surface area contributed by atoms with Gasteiger partial charge in [-0.05, 0) is 25.0 Å². The van der Waals surface area contributed by atoms with Crippen molar-refractivity contribution in [2.45, 2.75) is 32.2 Å². The van der Waals surface area contributed by atoms with Crippen molar-refractivity contribution >= 4 is 5.91 Å². The molecule has 1 saturated heterocycles. The van der Waals surface area contributed by atoms with Gasteiger partial charge in [-0.25, -0.2) is 9.97 Å². The Hall–Kier alpha value is -3.02. The number of hydrogen-bond donors (Lipinski definition) is 0. The molecule has 0 spiro atoms. The molecule has 0 radical (unpaired) electrons. The zero-order valence-electron chi connectivity index (χ0n) is 14.7. The van der Waals surface area contributed by atoms with Gasteiger partial charge in [-0.3, -0.25) is 14.3 Å². The summed E-state index contributed by atoms with van der Waals surface area (Å²) in [5, 5.41) is 0. The number of imidazole rings is 1. The van der Waals surface area contributed by atoms with E-state index in [1.807, 2.05) is 46.0 Å².